The van der Waals surface area contributed by atoms with Crippen LogP contribution in [0.4, 0.5) is 0 Å². The van der Waals surface area contributed by atoms with Crippen LogP contribution in [0.1, 0.15) is 61.0 Å². The highest BCUT2D eigenvalue weighted by atomic mass is 16.5. The number of carbonyl (C=O) groups excluding carboxylic acids is 1. The molecule has 106 valence electrons. The molecule has 0 bridgehead atoms. The number of benzene rings is 1. The number of methoxy groups -OCH3 is 1. The van der Waals surface area contributed by atoms with Gasteiger partial charge in [-0.1, -0.05) is 26.7 Å². The van der Waals surface area contributed by atoms with E-state index in [1.165, 1.54) is 0 Å². The summed E-state index contributed by atoms with van der Waals surface area (Å²) in [5.74, 6) is 1.33. The van der Waals surface area contributed by atoms with E-state index in [1.807, 2.05) is 26.0 Å². The smallest absolute Gasteiger partial charge is 0.165 e. The molecular formula is C17H26O2. The molecule has 0 aliphatic rings. The molecule has 1 unspecified atom stereocenters. The van der Waals surface area contributed by atoms with Gasteiger partial charge in [-0.05, 0) is 49.9 Å². The van der Waals surface area contributed by atoms with E-state index in [1.54, 1.807) is 7.11 Å². The highest BCUT2D eigenvalue weighted by Gasteiger charge is 2.19. The molecule has 1 rings (SSSR count). The van der Waals surface area contributed by atoms with E-state index in [-0.39, 0.29) is 11.7 Å². The molecule has 1 atom stereocenters. The summed E-state index contributed by atoms with van der Waals surface area (Å²) in [6.07, 6.45) is 4.18. The van der Waals surface area contributed by atoms with Gasteiger partial charge in [0.25, 0.3) is 0 Å². The summed E-state index contributed by atoms with van der Waals surface area (Å²) in [5, 5.41) is 0. The third-order valence-corrected chi connectivity index (χ3v) is 3.72. The van der Waals surface area contributed by atoms with Crippen LogP contribution in [0.2, 0.25) is 0 Å². The summed E-state index contributed by atoms with van der Waals surface area (Å²) >= 11 is 0. The van der Waals surface area contributed by atoms with Crippen LogP contribution in [0, 0.1) is 19.8 Å². The molecule has 19 heavy (non-hydrogen) atoms. The SMILES string of the molecule is CCCCC(CC)C(=O)c1cc(C)c(OC)c(C)c1. The fourth-order valence-electron chi connectivity index (χ4n) is 2.62. The van der Waals surface area contributed by atoms with Crippen LogP contribution in [-0.4, -0.2) is 12.9 Å². The minimum absolute atomic E-state index is 0.159. The second-order valence-electron chi connectivity index (χ2n) is 5.25. The number of hydrogen-bond donors (Lipinski definition) is 0. The molecule has 0 saturated heterocycles. The van der Waals surface area contributed by atoms with Gasteiger partial charge in [0.1, 0.15) is 5.75 Å². The van der Waals surface area contributed by atoms with Crippen molar-refractivity contribution in [2.45, 2.75) is 53.4 Å². The van der Waals surface area contributed by atoms with Crippen molar-refractivity contribution in [1.82, 2.24) is 0 Å². The molecule has 0 aliphatic carbocycles. The molecule has 0 aliphatic heterocycles. The average Bonchev–Trinajstić information content (AvgIpc) is 2.39. The molecule has 1 aromatic carbocycles. The van der Waals surface area contributed by atoms with Crippen molar-refractivity contribution in [3.8, 4) is 5.75 Å². The zero-order chi connectivity index (χ0) is 14.4. The molecule has 0 N–H and O–H groups in total. The first-order valence-electron chi connectivity index (χ1n) is 7.24. The lowest BCUT2D eigenvalue weighted by atomic mass is 9.89. The third kappa shape index (κ3) is 3.82. The molecule has 0 aromatic heterocycles. The second-order valence-corrected chi connectivity index (χ2v) is 5.25. The molecule has 1 aromatic rings. The maximum absolute atomic E-state index is 12.5. The fraction of sp³-hybridized carbons (Fsp3) is 0.588. The van der Waals surface area contributed by atoms with Gasteiger partial charge in [-0.3, -0.25) is 4.79 Å². The number of carbonyl (C=O) groups is 1. The first-order valence-corrected chi connectivity index (χ1v) is 7.24. The van der Waals surface area contributed by atoms with Crippen molar-refractivity contribution in [1.29, 1.82) is 0 Å². The number of hydrogen-bond acceptors (Lipinski definition) is 2. The Morgan fingerprint density at radius 1 is 1.21 bits per heavy atom. The lowest BCUT2D eigenvalue weighted by Gasteiger charge is -2.16. The largest absolute Gasteiger partial charge is 0.496 e. The van der Waals surface area contributed by atoms with Gasteiger partial charge in [-0.2, -0.15) is 0 Å². The Hall–Kier alpha value is -1.31. The third-order valence-electron chi connectivity index (χ3n) is 3.72. The summed E-state index contributed by atoms with van der Waals surface area (Å²) in [6, 6.07) is 3.92. The van der Waals surface area contributed by atoms with Crippen molar-refractivity contribution in [3.05, 3.63) is 28.8 Å². The zero-order valence-corrected chi connectivity index (χ0v) is 12.9. The Morgan fingerprint density at radius 2 is 1.79 bits per heavy atom. The van der Waals surface area contributed by atoms with Crippen molar-refractivity contribution in [2.24, 2.45) is 5.92 Å². The quantitative estimate of drug-likeness (QED) is 0.665. The number of ether oxygens (including phenoxy) is 1. The van der Waals surface area contributed by atoms with E-state index in [0.717, 1.165) is 48.1 Å². The molecule has 0 heterocycles. The normalized spacial score (nSPS) is 12.3. The van der Waals surface area contributed by atoms with E-state index >= 15 is 0 Å². The van der Waals surface area contributed by atoms with Crippen LogP contribution in [0.5, 0.6) is 5.75 Å². The zero-order valence-electron chi connectivity index (χ0n) is 12.9. The number of unbranched alkanes of at least 4 members (excludes halogenated alkanes) is 1. The number of rotatable bonds is 7. The van der Waals surface area contributed by atoms with Crippen LogP contribution >= 0.6 is 0 Å². The monoisotopic (exact) mass is 262 g/mol. The van der Waals surface area contributed by atoms with Crippen LogP contribution in [0.3, 0.4) is 0 Å². The minimum atomic E-state index is 0.159. The Labute approximate surface area is 117 Å². The predicted molar refractivity (Wildman–Crippen MR) is 80.1 cm³/mol. The van der Waals surface area contributed by atoms with Crippen molar-refractivity contribution in [3.63, 3.8) is 0 Å². The average molecular weight is 262 g/mol. The summed E-state index contributed by atoms with van der Waals surface area (Å²) in [4.78, 5) is 12.5. The maximum atomic E-state index is 12.5. The van der Waals surface area contributed by atoms with E-state index < -0.39 is 0 Å². The molecule has 0 saturated carbocycles. The van der Waals surface area contributed by atoms with Crippen LogP contribution in [0.15, 0.2) is 12.1 Å². The molecule has 2 nitrogen and oxygen atoms in total. The van der Waals surface area contributed by atoms with Crippen molar-refractivity contribution >= 4 is 5.78 Å². The number of aryl methyl sites for hydroxylation is 2. The van der Waals surface area contributed by atoms with E-state index in [9.17, 15) is 4.79 Å². The van der Waals surface area contributed by atoms with E-state index in [0.29, 0.717) is 0 Å². The van der Waals surface area contributed by atoms with Gasteiger partial charge in [-0.25, -0.2) is 0 Å². The van der Waals surface area contributed by atoms with E-state index in [4.69, 9.17) is 4.74 Å². The molecule has 0 radical (unpaired) electrons. The summed E-state index contributed by atoms with van der Waals surface area (Å²) in [6.45, 7) is 8.26. The van der Waals surface area contributed by atoms with Gasteiger partial charge in [0.2, 0.25) is 0 Å². The van der Waals surface area contributed by atoms with Crippen LogP contribution in [-0.2, 0) is 0 Å². The Morgan fingerprint density at radius 3 is 2.21 bits per heavy atom. The Bertz CT molecular complexity index is 412. The minimum Gasteiger partial charge on any atom is -0.496 e. The standard InChI is InChI=1S/C17H26O2/c1-6-8-9-14(7-2)16(18)15-10-12(3)17(19-5)13(4)11-15/h10-11,14H,6-9H2,1-5H3. The Balaban J connectivity index is 2.98. The van der Waals surface area contributed by atoms with Crippen molar-refractivity contribution < 1.29 is 9.53 Å². The fourth-order valence-corrected chi connectivity index (χ4v) is 2.62. The van der Waals surface area contributed by atoms with Crippen molar-refractivity contribution in [2.75, 3.05) is 7.11 Å². The van der Waals surface area contributed by atoms with Gasteiger partial charge in [-0.15, -0.1) is 0 Å². The maximum Gasteiger partial charge on any atom is 0.165 e. The predicted octanol–water partition coefficient (Wildman–Crippen LogP) is 4.71. The molecular weight excluding hydrogens is 236 g/mol. The van der Waals surface area contributed by atoms with Crippen LogP contribution < -0.4 is 4.74 Å². The highest BCUT2D eigenvalue weighted by Crippen LogP contribution is 2.27. The van der Waals surface area contributed by atoms with Gasteiger partial charge in [0.05, 0.1) is 7.11 Å². The molecule has 0 amide bonds. The van der Waals surface area contributed by atoms with Gasteiger partial charge >= 0.3 is 0 Å². The second kappa shape index (κ2) is 7.32. The lowest BCUT2D eigenvalue weighted by molar-refractivity contribution is 0.0908. The molecule has 0 fully saturated rings. The topological polar surface area (TPSA) is 26.3 Å². The number of ketones is 1. The summed E-state index contributed by atoms with van der Waals surface area (Å²) < 4.78 is 5.35. The van der Waals surface area contributed by atoms with Gasteiger partial charge < -0.3 is 4.74 Å². The summed E-state index contributed by atoms with van der Waals surface area (Å²) in [7, 11) is 1.67. The lowest BCUT2D eigenvalue weighted by Crippen LogP contribution is -2.14. The first-order chi connectivity index (χ1) is 9.04. The highest BCUT2D eigenvalue weighted by molar-refractivity contribution is 5.98. The van der Waals surface area contributed by atoms with Crippen LogP contribution in [0.25, 0.3) is 0 Å². The summed E-state index contributed by atoms with van der Waals surface area (Å²) in [5.41, 5.74) is 2.91. The molecule has 2 heteroatoms. The Kier molecular flexibility index (Phi) is 6.07. The molecule has 0 spiro atoms. The van der Waals surface area contributed by atoms with Gasteiger partial charge in [0.15, 0.2) is 5.78 Å². The van der Waals surface area contributed by atoms with Gasteiger partial charge in [0, 0.05) is 11.5 Å². The van der Waals surface area contributed by atoms with E-state index in [2.05, 4.69) is 13.8 Å². The number of Topliss-reactive ketones (excluding diaryl/α,β-unsaturated/α-hetero) is 1. The first kappa shape index (κ1) is 15.7.